The molecule has 1 aliphatic rings. The predicted molar refractivity (Wildman–Crippen MR) is 142 cm³/mol. The summed E-state index contributed by atoms with van der Waals surface area (Å²) in [6.45, 7) is 4.26. The number of benzene rings is 2. The standard InChI is InChI=1S/C28H40N4O3/c1-21-13-14-25(31(4)28(34)23-10-7-8-11-24(23)29)26(20-21)35-19-9-5-6-12-27(33)32-17-15-22(16-18-32)30(2)3/h7-8,10-11,13-14,20,22H,5-6,9,12,15-19,29H2,1-4H3. The summed E-state index contributed by atoms with van der Waals surface area (Å²) in [4.78, 5) is 31.4. The van der Waals surface area contributed by atoms with E-state index >= 15 is 0 Å². The van der Waals surface area contributed by atoms with Gasteiger partial charge in [0.2, 0.25) is 5.91 Å². The lowest BCUT2D eigenvalue weighted by molar-refractivity contribution is -0.132. The van der Waals surface area contributed by atoms with Crippen LogP contribution in [0.25, 0.3) is 0 Å². The number of nitrogen functional groups attached to an aromatic ring is 1. The number of hydrogen-bond acceptors (Lipinski definition) is 5. The average Bonchev–Trinajstić information content (AvgIpc) is 2.85. The molecule has 2 N–H and O–H groups in total. The number of piperidine rings is 1. The number of nitrogens with zero attached hydrogens (tertiary/aromatic N) is 3. The van der Waals surface area contributed by atoms with Crippen LogP contribution in [0.4, 0.5) is 11.4 Å². The molecule has 1 saturated heterocycles. The normalized spacial score (nSPS) is 14.3. The van der Waals surface area contributed by atoms with Gasteiger partial charge in [-0.2, -0.15) is 0 Å². The van der Waals surface area contributed by atoms with Gasteiger partial charge in [-0.05, 0) is 83.0 Å². The van der Waals surface area contributed by atoms with Gasteiger partial charge in [-0.1, -0.05) is 18.2 Å². The molecule has 0 bridgehead atoms. The van der Waals surface area contributed by atoms with Gasteiger partial charge in [-0.25, -0.2) is 0 Å². The Kier molecular flexibility index (Phi) is 9.55. The summed E-state index contributed by atoms with van der Waals surface area (Å²) in [5, 5.41) is 0. The van der Waals surface area contributed by atoms with Crippen molar-refractivity contribution < 1.29 is 14.3 Å². The molecule has 0 spiro atoms. The Morgan fingerprint density at radius 2 is 1.74 bits per heavy atom. The Hall–Kier alpha value is -3.06. The molecule has 7 nitrogen and oxygen atoms in total. The van der Waals surface area contributed by atoms with Gasteiger partial charge in [0.1, 0.15) is 5.75 Å². The molecular formula is C28H40N4O3. The SMILES string of the molecule is Cc1ccc(N(C)C(=O)c2ccccc2N)c(OCCCCCC(=O)N2CCC(N(C)C)CC2)c1. The first-order valence-corrected chi connectivity index (χ1v) is 12.6. The molecule has 7 heteroatoms. The Labute approximate surface area is 209 Å². The lowest BCUT2D eigenvalue weighted by Crippen LogP contribution is -2.44. The first-order valence-electron chi connectivity index (χ1n) is 12.6. The van der Waals surface area contributed by atoms with Crippen LogP contribution in [0.3, 0.4) is 0 Å². The predicted octanol–water partition coefficient (Wildman–Crippen LogP) is 4.35. The van der Waals surface area contributed by atoms with Gasteiger partial charge >= 0.3 is 0 Å². The van der Waals surface area contributed by atoms with Gasteiger partial charge in [-0.15, -0.1) is 0 Å². The third kappa shape index (κ3) is 7.21. The van der Waals surface area contributed by atoms with E-state index in [2.05, 4.69) is 19.0 Å². The molecule has 0 saturated carbocycles. The number of nitrogens with two attached hydrogens (primary N) is 1. The first kappa shape index (κ1) is 26.5. The highest BCUT2D eigenvalue weighted by Crippen LogP contribution is 2.30. The van der Waals surface area contributed by atoms with E-state index in [0.717, 1.165) is 50.8 Å². The van der Waals surface area contributed by atoms with E-state index in [-0.39, 0.29) is 11.8 Å². The fraction of sp³-hybridized carbons (Fsp3) is 0.500. The lowest BCUT2D eigenvalue weighted by atomic mass is 10.0. The highest BCUT2D eigenvalue weighted by molar-refractivity contribution is 6.09. The number of likely N-dealkylation sites (tertiary alicyclic amines) is 1. The van der Waals surface area contributed by atoms with Crippen LogP contribution in [0, 0.1) is 6.92 Å². The molecule has 190 valence electrons. The van der Waals surface area contributed by atoms with Crippen molar-refractivity contribution in [2.75, 3.05) is 51.5 Å². The molecule has 1 aliphatic heterocycles. The highest BCUT2D eigenvalue weighted by atomic mass is 16.5. The van der Waals surface area contributed by atoms with Crippen LogP contribution in [-0.2, 0) is 4.79 Å². The Morgan fingerprint density at radius 1 is 1.03 bits per heavy atom. The summed E-state index contributed by atoms with van der Waals surface area (Å²) in [7, 11) is 5.96. The van der Waals surface area contributed by atoms with Crippen molar-refractivity contribution in [1.29, 1.82) is 0 Å². The lowest BCUT2D eigenvalue weighted by Gasteiger charge is -2.35. The van der Waals surface area contributed by atoms with E-state index < -0.39 is 0 Å². The van der Waals surface area contributed by atoms with Crippen molar-refractivity contribution in [2.45, 2.75) is 51.5 Å². The number of rotatable bonds is 10. The van der Waals surface area contributed by atoms with Crippen LogP contribution >= 0.6 is 0 Å². The summed E-state index contributed by atoms with van der Waals surface area (Å²) in [5.74, 6) is 0.768. The quantitative estimate of drug-likeness (QED) is 0.404. The Morgan fingerprint density at radius 3 is 2.43 bits per heavy atom. The molecule has 2 aromatic rings. The van der Waals surface area contributed by atoms with Crippen molar-refractivity contribution in [3.63, 3.8) is 0 Å². The van der Waals surface area contributed by atoms with E-state index in [1.807, 2.05) is 36.1 Å². The van der Waals surface area contributed by atoms with Crippen molar-refractivity contribution >= 4 is 23.2 Å². The summed E-state index contributed by atoms with van der Waals surface area (Å²) >= 11 is 0. The molecule has 3 rings (SSSR count). The molecule has 2 amide bonds. The summed E-state index contributed by atoms with van der Waals surface area (Å²) in [6.07, 6.45) is 5.35. The molecule has 0 radical (unpaired) electrons. The average molecular weight is 481 g/mol. The third-order valence-electron chi connectivity index (χ3n) is 6.81. The zero-order valence-corrected chi connectivity index (χ0v) is 21.6. The van der Waals surface area contributed by atoms with Crippen molar-refractivity contribution in [1.82, 2.24) is 9.80 Å². The second-order valence-corrected chi connectivity index (χ2v) is 9.66. The van der Waals surface area contributed by atoms with Crippen LogP contribution in [-0.4, -0.2) is 68.5 Å². The second kappa shape index (κ2) is 12.6. The van der Waals surface area contributed by atoms with Crippen LogP contribution in [0.2, 0.25) is 0 Å². The molecule has 2 aromatic carbocycles. The van der Waals surface area contributed by atoms with Crippen LogP contribution in [0.5, 0.6) is 5.75 Å². The Balaban J connectivity index is 1.46. The zero-order chi connectivity index (χ0) is 25.4. The monoisotopic (exact) mass is 480 g/mol. The highest BCUT2D eigenvalue weighted by Gasteiger charge is 2.23. The molecule has 0 atom stereocenters. The van der Waals surface area contributed by atoms with Crippen LogP contribution in [0.15, 0.2) is 42.5 Å². The molecule has 0 aromatic heterocycles. The molecule has 0 unspecified atom stereocenters. The molecule has 35 heavy (non-hydrogen) atoms. The number of para-hydroxylation sites is 1. The molecular weight excluding hydrogens is 440 g/mol. The fourth-order valence-electron chi connectivity index (χ4n) is 4.52. The summed E-state index contributed by atoms with van der Waals surface area (Å²) in [5.41, 5.74) is 8.70. The minimum atomic E-state index is -0.176. The maximum absolute atomic E-state index is 13.0. The fourth-order valence-corrected chi connectivity index (χ4v) is 4.52. The number of carbonyl (C=O) groups excluding carboxylic acids is 2. The molecule has 0 aliphatic carbocycles. The van der Waals surface area contributed by atoms with Crippen molar-refractivity contribution in [2.24, 2.45) is 0 Å². The minimum absolute atomic E-state index is 0.176. The van der Waals surface area contributed by atoms with Gasteiger partial charge in [-0.3, -0.25) is 9.59 Å². The van der Waals surface area contributed by atoms with Gasteiger partial charge in [0.25, 0.3) is 5.91 Å². The van der Waals surface area contributed by atoms with Crippen LogP contribution in [0.1, 0.15) is 54.4 Å². The van der Waals surface area contributed by atoms with E-state index in [9.17, 15) is 9.59 Å². The summed E-state index contributed by atoms with van der Waals surface area (Å²) < 4.78 is 6.09. The third-order valence-corrected chi connectivity index (χ3v) is 6.81. The van der Waals surface area contributed by atoms with Crippen molar-refractivity contribution in [3.8, 4) is 5.75 Å². The van der Waals surface area contributed by atoms with Gasteiger partial charge in [0.15, 0.2) is 0 Å². The smallest absolute Gasteiger partial charge is 0.260 e. The van der Waals surface area contributed by atoms with Crippen LogP contribution < -0.4 is 15.4 Å². The van der Waals surface area contributed by atoms with E-state index in [1.165, 1.54) is 0 Å². The summed E-state index contributed by atoms with van der Waals surface area (Å²) in [6, 6.07) is 13.5. The second-order valence-electron chi connectivity index (χ2n) is 9.66. The maximum Gasteiger partial charge on any atom is 0.260 e. The topological polar surface area (TPSA) is 79.1 Å². The number of hydrogen-bond donors (Lipinski definition) is 1. The zero-order valence-electron chi connectivity index (χ0n) is 21.6. The minimum Gasteiger partial charge on any atom is -0.491 e. The number of amides is 2. The largest absolute Gasteiger partial charge is 0.491 e. The first-order chi connectivity index (χ1) is 16.8. The number of aryl methyl sites for hydroxylation is 1. The number of unbranched alkanes of at least 4 members (excludes halogenated alkanes) is 2. The van der Waals surface area contributed by atoms with E-state index in [0.29, 0.717) is 41.8 Å². The molecule has 1 heterocycles. The number of anilines is 2. The maximum atomic E-state index is 13.0. The van der Waals surface area contributed by atoms with Gasteiger partial charge < -0.3 is 25.2 Å². The number of ether oxygens (including phenoxy) is 1. The van der Waals surface area contributed by atoms with Crippen molar-refractivity contribution in [3.05, 3.63) is 53.6 Å². The van der Waals surface area contributed by atoms with Gasteiger partial charge in [0.05, 0.1) is 17.9 Å². The number of carbonyl (C=O) groups is 2. The Bertz CT molecular complexity index is 999. The molecule has 1 fully saturated rings. The van der Waals surface area contributed by atoms with E-state index in [1.54, 1.807) is 30.1 Å². The van der Waals surface area contributed by atoms with E-state index in [4.69, 9.17) is 10.5 Å². The van der Waals surface area contributed by atoms with Gasteiger partial charge in [0, 0.05) is 38.3 Å².